The van der Waals surface area contributed by atoms with Gasteiger partial charge in [0.05, 0.1) is 22.7 Å². The molecule has 5 heteroatoms. The first kappa shape index (κ1) is 16.2. The molecule has 4 aliphatic carbocycles. The molecule has 0 amide bonds. The summed E-state index contributed by atoms with van der Waals surface area (Å²) >= 11 is 0. The van der Waals surface area contributed by atoms with Gasteiger partial charge in [-0.05, 0) is 6.42 Å². The van der Waals surface area contributed by atoms with Crippen LogP contribution in [-0.4, -0.2) is 47.7 Å². The van der Waals surface area contributed by atoms with Crippen molar-refractivity contribution in [2.75, 3.05) is 14.2 Å². The molecule has 0 radical (unpaired) electrons. The Hall–Kier alpha value is -0.650. The first-order valence-electron chi connectivity index (χ1n) is 8.28. The second-order valence-corrected chi connectivity index (χ2v) is 7.97. The fourth-order valence-electron chi connectivity index (χ4n) is 5.33. The lowest BCUT2D eigenvalue weighted by Gasteiger charge is -2.66. The number of methoxy groups -OCH3 is 2. The number of ether oxygens (including phenoxy) is 3. The van der Waals surface area contributed by atoms with Crippen LogP contribution in [0.25, 0.3) is 0 Å². The maximum Gasteiger partial charge on any atom is 0.309 e. The minimum absolute atomic E-state index is 0.125. The van der Waals surface area contributed by atoms with Gasteiger partial charge in [-0.1, -0.05) is 13.8 Å². The first-order valence-corrected chi connectivity index (χ1v) is 8.28. The first-order chi connectivity index (χ1) is 10.2. The third-order valence-electron chi connectivity index (χ3n) is 6.08. The molecule has 1 N–H and O–H groups in total. The Kier molecular flexibility index (Phi) is 3.63. The highest BCUT2D eigenvalue weighted by Crippen LogP contribution is 2.64. The molecule has 0 heterocycles. The monoisotopic (exact) mass is 312 g/mol. The van der Waals surface area contributed by atoms with E-state index in [1.807, 2.05) is 13.8 Å². The molecule has 3 unspecified atom stereocenters. The van der Waals surface area contributed by atoms with Gasteiger partial charge in [0.1, 0.15) is 5.60 Å². The third-order valence-corrected chi connectivity index (χ3v) is 6.08. The summed E-state index contributed by atoms with van der Waals surface area (Å²) in [5.74, 6) is -0.301. The van der Waals surface area contributed by atoms with Crippen LogP contribution in [0.4, 0.5) is 0 Å². The number of hydrogen-bond donors (Lipinski definition) is 1. The van der Waals surface area contributed by atoms with Crippen LogP contribution in [0.5, 0.6) is 0 Å². The molecule has 126 valence electrons. The molecule has 4 fully saturated rings. The van der Waals surface area contributed by atoms with Crippen molar-refractivity contribution < 1.29 is 24.1 Å². The van der Waals surface area contributed by atoms with Crippen molar-refractivity contribution in [3.05, 3.63) is 0 Å². The summed E-state index contributed by atoms with van der Waals surface area (Å²) in [6, 6.07) is 0. The Morgan fingerprint density at radius 1 is 1.00 bits per heavy atom. The smallest absolute Gasteiger partial charge is 0.309 e. The number of hydrogen-bond acceptors (Lipinski definition) is 5. The zero-order chi connectivity index (χ0) is 16.2. The van der Waals surface area contributed by atoms with Crippen LogP contribution >= 0.6 is 0 Å². The lowest BCUT2D eigenvalue weighted by atomic mass is 9.48. The van der Waals surface area contributed by atoms with Crippen LogP contribution in [-0.2, 0) is 19.0 Å². The van der Waals surface area contributed by atoms with Crippen LogP contribution in [0.1, 0.15) is 58.8 Å². The summed E-state index contributed by atoms with van der Waals surface area (Å²) in [6.07, 6.45) is 4.53. The molecule has 0 spiro atoms. The maximum absolute atomic E-state index is 12.4. The van der Waals surface area contributed by atoms with Crippen molar-refractivity contribution in [1.82, 2.24) is 0 Å². The number of carbonyl (C=O) groups excluding carboxylic acids is 1. The zero-order valence-electron chi connectivity index (χ0n) is 14.1. The van der Waals surface area contributed by atoms with Crippen molar-refractivity contribution in [1.29, 1.82) is 0 Å². The molecule has 4 bridgehead atoms. The standard InChI is InChI=1S/C17H28O5/c1-5-12(2)13(18)22-17-8-14(19)6-15(10-17,20-3)9-16(7-14,11-17)21-4/h12,19H,5-11H2,1-4H3. The molecule has 0 aliphatic heterocycles. The van der Waals surface area contributed by atoms with Crippen LogP contribution in [0.3, 0.4) is 0 Å². The Morgan fingerprint density at radius 2 is 1.45 bits per heavy atom. The Labute approximate surface area is 132 Å². The predicted octanol–water partition coefficient (Wildman–Crippen LogP) is 2.20. The summed E-state index contributed by atoms with van der Waals surface area (Å²) in [5.41, 5.74) is -2.42. The highest BCUT2D eigenvalue weighted by molar-refractivity contribution is 5.72. The van der Waals surface area contributed by atoms with E-state index in [0.29, 0.717) is 32.1 Å². The van der Waals surface area contributed by atoms with Gasteiger partial charge in [0.25, 0.3) is 0 Å². The van der Waals surface area contributed by atoms with Gasteiger partial charge in [-0.2, -0.15) is 0 Å². The summed E-state index contributed by atoms with van der Waals surface area (Å²) < 4.78 is 17.6. The molecule has 4 aliphatic rings. The van der Waals surface area contributed by atoms with Gasteiger partial charge in [-0.25, -0.2) is 0 Å². The summed E-state index contributed by atoms with van der Waals surface area (Å²) in [7, 11) is 3.37. The minimum atomic E-state index is -0.865. The van der Waals surface area contributed by atoms with E-state index in [2.05, 4.69) is 0 Å². The molecule has 0 aromatic carbocycles. The molecule has 0 aromatic rings. The quantitative estimate of drug-likeness (QED) is 0.788. The molecule has 3 atom stereocenters. The maximum atomic E-state index is 12.4. The van der Waals surface area contributed by atoms with E-state index in [9.17, 15) is 9.90 Å². The van der Waals surface area contributed by atoms with Gasteiger partial charge < -0.3 is 19.3 Å². The molecule has 4 rings (SSSR count). The highest BCUT2D eigenvalue weighted by atomic mass is 16.6. The fourth-order valence-corrected chi connectivity index (χ4v) is 5.33. The van der Waals surface area contributed by atoms with Crippen LogP contribution in [0, 0.1) is 5.92 Å². The Balaban J connectivity index is 1.93. The van der Waals surface area contributed by atoms with E-state index in [1.54, 1.807) is 14.2 Å². The van der Waals surface area contributed by atoms with Crippen molar-refractivity contribution in [3.8, 4) is 0 Å². The topological polar surface area (TPSA) is 65.0 Å². The van der Waals surface area contributed by atoms with Gasteiger partial charge in [0.2, 0.25) is 0 Å². The lowest BCUT2D eigenvalue weighted by Crippen LogP contribution is -2.73. The van der Waals surface area contributed by atoms with Gasteiger partial charge >= 0.3 is 5.97 Å². The zero-order valence-corrected chi connectivity index (χ0v) is 14.1. The Morgan fingerprint density at radius 3 is 1.91 bits per heavy atom. The van der Waals surface area contributed by atoms with Gasteiger partial charge in [0, 0.05) is 52.7 Å². The van der Waals surface area contributed by atoms with Crippen molar-refractivity contribution in [3.63, 3.8) is 0 Å². The molecular weight excluding hydrogens is 284 g/mol. The largest absolute Gasteiger partial charge is 0.459 e. The molecule has 4 saturated carbocycles. The molecule has 0 saturated heterocycles. The van der Waals surface area contributed by atoms with E-state index in [0.717, 1.165) is 12.8 Å². The van der Waals surface area contributed by atoms with Crippen molar-refractivity contribution in [2.45, 2.75) is 81.2 Å². The summed E-state index contributed by atoms with van der Waals surface area (Å²) in [4.78, 5) is 12.4. The summed E-state index contributed by atoms with van der Waals surface area (Å²) in [6.45, 7) is 3.86. The average Bonchev–Trinajstić information content (AvgIpc) is 2.43. The van der Waals surface area contributed by atoms with E-state index in [4.69, 9.17) is 14.2 Å². The van der Waals surface area contributed by atoms with E-state index >= 15 is 0 Å². The van der Waals surface area contributed by atoms with E-state index in [-0.39, 0.29) is 11.9 Å². The van der Waals surface area contributed by atoms with Gasteiger partial charge in [0.15, 0.2) is 0 Å². The van der Waals surface area contributed by atoms with Crippen molar-refractivity contribution in [2.24, 2.45) is 5.92 Å². The molecule has 5 nitrogen and oxygen atoms in total. The van der Waals surface area contributed by atoms with Crippen LogP contribution in [0.15, 0.2) is 0 Å². The average molecular weight is 312 g/mol. The number of aliphatic hydroxyl groups is 1. The Bertz CT molecular complexity index is 454. The van der Waals surface area contributed by atoms with Gasteiger partial charge in [-0.15, -0.1) is 0 Å². The number of rotatable bonds is 5. The minimum Gasteiger partial charge on any atom is -0.459 e. The van der Waals surface area contributed by atoms with E-state index < -0.39 is 22.4 Å². The number of esters is 1. The molecule has 22 heavy (non-hydrogen) atoms. The fraction of sp³-hybridized carbons (Fsp3) is 0.941. The van der Waals surface area contributed by atoms with Crippen LogP contribution in [0.2, 0.25) is 0 Å². The number of carbonyl (C=O) groups is 1. The second kappa shape index (κ2) is 4.92. The van der Waals surface area contributed by atoms with Gasteiger partial charge in [-0.3, -0.25) is 4.79 Å². The van der Waals surface area contributed by atoms with Crippen molar-refractivity contribution >= 4 is 5.97 Å². The predicted molar refractivity (Wildman–Crippen MR) is 80.4 cm³/mol. The normalized spacial score (nSPS) is 47.5. The summed E-state index contributed by atoms with van der Waals surface area (Å²) in [5, 5.41) is 11.0. The molecule has 0 aromatic heterocycles. The third kappa shape index (κ3) is 2.38. The highest BCUT2D eigenvalue weighted by Gasteiger charge is 2.70. The molecular formula is C17H28O5. The SMILES string of the molecule is CCC(C)C(=O)OC12CC3(O)CC(OC)(CC(OC)(C3)C1)C2. The lowest BCUT2D eigenvalue weighted by molar-refractivity contribution is -0.312. The van der Waals surface area contributed by atoms with Crippen LogP contribution < -0.4 is 0 Å². The second-order valence-electron chi connectivity index (χ2n) is 7.97. The van der Waals surface area contributed by atoms with E-state index in [1.165, 1.54) is 0 Å².